The van der Waals surface area contributed by atoms with Crippen molar-refractivity contribution in [3.8, 4) is 0 Å². The Morgan fingerprint density at radius 1 is 1.28 bits per heavy atom. The third-order valence-electron chi connectivity index (χ3n) is 3.82. The molecular weight excluding hydrogens is 313 g/mol. The van der Waals surface area contributed by atoms with E-state index in [-0.39, 0.29) is 11.2 Å². The molecule has 0 fully saturated rings. The summed E-state index contributed by atoms with van der Waals surface area (Å²) in [4.78, 5) is 2.07. The van der Waals surface area contributed by atoms with E-state index in [4.69, 9.17) is 0 Å². The Kier molecular flexibility index (Phi) is 3.41. The minimum Gasteiger partial charge on any atom is -0.350 e. The van der Waals surface area contributed by atoms with Crippen LogP contribution in [0, 0.1) is 5.82 Å². The van der Waals surface area contributed by atoms with Crippen LogP contribution in [0.3, 0.4) is 0 Å². The van der Waals surface area contributed by atoms with Gasteiger partial charge in [-0.05, 0) is 55.0 Å². The van der Waals surface area contributed by atoms with E-state index in [2.05, 4.69) is 33.5 Å². The van der Waals surface area contributed by atoms with Crippen molar-refractivity contribution in [3.63, 3.8) is 0 Å². The molecule has 1 heterocycles. The highest BCUT2D eigenvalue weighted by Crippen LogP contribution is 2.40. The van der Waals surface area contributed by atoms with Gasteiger partial charge >= 0.3 is 0 Å². The summed E-state index contributed by atoms with van der Waals surface area (Å²) in [5, 5.41) is 0.0518. The average Bonchev–Trinajstić information content (AvgIpc) is 2.68. The fourth-order valence-electron chi connectivity index (χ4n) is 2.89. The maximum absolute atomic E-state index is 14.0. The molecule has 0 radical (unpaired) electrons. The third kappa shape index (κ3) is 2.10. The number of thiol groups is 1. The quantitative estimate of drug-likeness (QED) is 0.585. The Labute approximate surface area is 121 Å². The fraction of sp³-hybridized carbons (Fsp3) is 0.429. The number of hydrogen-bond donors (Lipinski definition) is 1. The zero-order chi connectivity index (χ0) is 12.7. The van der Waals surface area contributed by atoms with Gasteiger partial charge in [-0.25, -0.2) is 4.39 Å². The Bertz CT molecular complexity index is 515. The van der Waals surface area contributed by atoms with Gasteiger partial charge in [0.2, 0.25) is 0 Å². The highest BCUT2D eigenvalue weighted by Gasteiger charge is 2.32. The van der Waals surface area contributed by atoms with Crippen molar-refractivity contribution >= 4 is 34.2 Å². The van der Waals surface area contributed by atoms with Crippen LogP contribution in [0.4, 0.5) is 10.1 Å². The lowest BCUT2D eigenvalue weighted by atomic mass is 9.94. The summed E-state index contributed by atoms with van der Waals surface area (Å²) in [5.74, 6) is -0.178. The van der Waals surface area contributed by atoms with Crippen LogP contribution in [-0.2, 0) is 0 Å². The van der Waals surface area contributed by atoms with Gasteiger partial charge in [-0.1, -0.05) is 15.9 Å². The average molecular weight is 328 g/mol. The third-order valence-corrected chi connectivity index (χ3v) is 4.90. The van der Waals surface area contributed by atoms with E-state index < -0.39 is 0 Å². The lowest BCUT2D eigenvalue weighted by molar-refractivity contribution is 0.621. The minimum absolute atomic E-state index is 0.0518. The van der Waals surface area contributed by atoms with Crippen molar-refractivity contribution < 1.29 is 4.39 Å². The smallest absolute Gasteiger partial charge is 0.147 e. The van der Waals surface area contributed by atoms with Crippen LogP contribution in [0.1, 0.15) is 25.7 Å². The standard InChI is InChI=1S/C14H15BrFNS/c15-10-5-6-13(12(16)7-10)17-8-9-3-1-2-4-11(9)14(17)18/h5-7,14,18H,1-4,8H2. The van der Waals surface area contributed by atoms with Gasteiger partial charge in [-0.3, -0.25) is 0 Å². The van der Waals surface area contributed by atoms with Gasteiger partial charge < -0.3 is 4.90 Å². The maximum atomic E-state index is 14.0. The Morgan fingerprint density at radius 2 is 2.06 bits per heavy atom. The molecule has 1 atom stereocenters. The molecular formula is C14H15BrFNS. The normalized spacial score (nSPS) is 23.5. The van der Waals surface area contributed by atoms with E-state index in [0.29, 0.717) is 5.69 Å². The van der Waals surface area contributed by atoms with Crippen LogP contribution >= 0.6 is 28.6 Å². The highest BCUT2D eigenvalue weighted by molar-refractivity contribution is 9.10. The number of rotatable bonds is 1. The first-order valence-corrected chi connectivity index (χ1v) is 7.58. The highest BCUT2D eigenvalue weighted by atomic mass is 79.9. The van der Waals surface area contributed by atoms with Crippen molar-refractivity contribution in [2.75, 3.05) is 11.4 Å². The molecule has 1 aromatic rings. The van der Waals surface area contributed by atoms with Crippen LogP contribution < -0.4 is 4.90 Å². The summed E-state index contributed by atoms with van der Waals surface area (Å²) >= 11 is 7.98. The molecule has 1 aliphatic carbocycles. The Morgan fingerprint density at radius 3 is 2.78 bits per heavy atom. The first-order valence-electron chi connectivity index (χ1n) is 6.27. The van der Waals surface area contributed by atoms with Crippen molar-refractivity contribution in [1.29, 1.82) is 0 Å². The molecule has 0 saturated heterocycles. The van der Waals surface area contributed by atoms with Gasteiger partial charge in [0.1, 0.15) is 5.82 Å². The number of nitrogens with zero attached hydrogens (tertiary/aromatic N) is 1. The molecule has 96 valence electrons. The first kappa shape index (κ1) is 12.5. The van der Waals surface area contributed by atoms with Gasteiger partial charge in [-0.15, -0.1) is 0 Å². The maximum Gasteiger partial charge on any atom is 0.147 e. The molecule has 3 rings (SSSR count). The monoisotopic (exact) mass is 327 g/mol. The van der Waals surface area contributed by atoms with E-state index in [1.165, 1.54) is 30.1 Å². The summed E-state index contributed by atoms with van der Waals surface area (Å²) in [7, 11) is 0. The van der Waals surface area contributed by atoms with Gasteiger partial charge in [0.25, 0.3) is 0 Å². The predicted octanol–water partition coefficient (Wildman–Crippen LogP) is 4.53. The number of halogens is 2. The van der Waals surface area contributed by atoms with Crippen molar-refractivity contribution in [3.05, 3.63) is 39.6 Å². The molecule has 0 amide bonds. The molecule has 18 heavy (non-hydrogen) atoms. The van der Waals surface area contributed by atoms with Crippen LogP contribution in [-0.4, -0.2) is 11.9 Å². The molecule has 1 aromatic carbocycles. The largest absolute Gasteiger partial charge is 0.350 e. The van der Waals surface area contributed by atoms with Gasteiger partial charge in [-0.2, -0.15) is 12.6 Å². The summed E-state index contributed by atoms with van der Waals surface area (Å²) in [6.07, 6.45) is 4.78. The van der Waals surface area contributed by atoms with Gasteiger partial charge in [0.05, 0.1) is 11.1 Å². The van der Waals surface area contributed by atoms with Gasteiger partial charge in [0, 0.05) is 11.0 Å². The summed E-state index contributed by atoms with van der Waals surface area (Å²) in [5.41, 5.74) is 3.56. The molecule has 2 aliphatic rings. The van der Waals surface area contributed by atoms with Crippen LogP contribution in [0.5, 0.6) is 0 Å². The number of hydrogen-bond acceptors (Lipinski definition) is 2. The SMILES string of the molecule is Fc1cc(Br)ccc1N1CC2=C(CCCC2)C1S. The number of anilines is 1. The lowest BCUT2D eigenvalue weighted by Gasteiger charge is -2.25. The van der Waals surface area contributed by atoms with E-state index in [0.717, 1.165) is 23.9 Å². The Hall–Kier alpha value is -0.480. The second kappa shape index (κ2) is 4.89. The van der Waals surface area contributed by atoms with Crippen molar-refractivity contribution in [2.24, 2.45) is 0 Å². The summed E-state index contributed by atoms with van der Waals surface area (Å²) < 4.78 is 14.8. The summed E-state index contributed by atoms with van der Waals surface area (Å²) in [6.45, 7) is 0.835. The molecule has 4 heteroatoms. The van der Waals surface area contributed by atoms with Crippen molar-refractivity contribution in [1.82, 2.24) is 0 Å². The van der Waals surface area contributed by atoms with E-state index in [9.17, 15) is 4.39 Å². The molecule has 0 aromatic heterocycles. The van der Waals surface area contributed by atoms with Crippen LogP contribution in [0.15, 0.2) is 33.8 Å². The molecule has 1 aliphatic heterocycles. The summed E-state index contributed by atoms with van der Waals surface area (Å²) in [6, 6.07) is 5.24. The van der Waals surface area contributed by atoms with E-state index in [1.807, 2.05) is 12.1 Å². The topological polar surface area (TPSA) is 3.24 Å². The van der Waals surface area contributed by atoms with Crippen LogP contribution in [0.2, 0.25) is 0 Å². The Balaban J connectivity index is 1.91. The van der Waals surface area contributed by atoms with E-state index in [1.54, 1.807) is 0 Å². The fourth-order valence-corrected chi connectivity index (χ4v) is 3.75. The van der Waals surface area contributed by atoms with Gasteiger partial charge in [0.15, 0.2) is 0 Å². The first-order chi connectivity index (χ1) is 8.66. The zero-order valence-corrected chi connectivity index (χ0v) is 12.5. The number of benzene rings is 1. The molecule has 0 N–H and O–H groups in total. The molecule has 0 spiro atoms. The molecule has 0 bridgehead atoms. The molecule has 1 unspecified atom stereocenters. The second-order valence-electron chi connectivity index (χ2n) is 4.93. The van der Waals surface area contributed by atoms with Crippen molar-refractivity contribution in [2.45, 2.75) is 31.1 Å². The predicted molar refractivity (Wildman–Crippen MR) is 79.7 cm³/mol. The van der Waals surface area contributed by atoms with Crippen LogP contribution in [0.25, 0.3) is 0 Å². The molecule has 0 saturated carbocycles. The minimum atomic E-state index is -0.178. The molecule has 1 nitrogen and oxygen atoms in total. The van der Waals surface area contributed by atoms with E-state index >= 15 is 0 Å². The zero-order valence-electron chi connectivity index (χ0n) is 10.00. The second-order valence-corrected chi connectivity index (χ2v) is 6.34. The lowest BCUT2D eigenvalue weighted by Crippen LogP contribution is -2.28.